The standard InChI is InChI=1S/C23H26N2O4/c1-15-10-20(16(2)25(15)13-18-6-5-9-28-18)22(26)14-29-23(27)11-17-12-24-21-8-4-3-7-19(17)21/h3-4,7-8,10,12,18,24H,5-6,9,11,13-14H2,1-2H3/t18-/m0/s1. The van der Waals surface area contributed by atoms with Crippen molar-refractivity contribution in [3.8, 4) is 0 Å². The third kappa shape index (κ3) is 4.12. The van der Waals surface area contributed by atoms with Crippen LogP contribution in [-0.2, 0) is 27.2 Å². The number of hydrogen-bond acceptors (Lipinski definition) is 4. The summed E-state index contributed by atoms with van der Waals surface area (Å²) in [6.07, 6.45) is 4.28. The van der Waals surface area contributed by atoms with E-state index in [0.29, 0.717) is 5.56 Å². The number of esters is 1. The van der Waals surface area contributed by atoms with Crippen LogP contribution in [0.25, 0.3) is 10.9 Å². The SMILES string of the molecule is Cc1cc(C(=O)COC(=O)Cc2c[nH]c3ccccc23)c(C)n1C[C@@H]1CCCO1. The molecular formula is C23H26N2O4. The van der Waals surface area contributed by atoms with E-state index in [-0.39, 0.29) is 24.9 Å². The first-order valence-electron chi connectivity index (χ1n) is 10.0. The Morgan fingerprint density at radius 2 is 2.10 bits per heavy atom. The second kappa shape index (κ2) is 8.25. The van der Waals surface area contributed by atoms with Gasteiger partial charge in [-0.1, -0.05) is 18.2 Å². The highest BCUT2D eigenvalue weighted by Crippen LogP contribution is 2.21. The Morgan fingerprint density at radius 3 is 2.90 bits per heavy atom. The number of para-hydroxylation sites is 1. The molecule has 4 rings (SSSR count). The summed E-state index contributed by atoms with van der Waals surface area (Å²) in [6.45, 7) is 5.24. The summed E-state index contributed by atoms with van der Waals surface area (Å²) in [5, 5.41) is 0.994. The minimum Gasteiger partial charge on any atom is -0.457 e. The minimum absolute atomic E-state index is 0.134. The Bertz CT molecular complexity index is 1040. The van der Waals surface area contributed by atoms with Crippen LogP contribution in [0.15, 0.2) is 36.5 Å². The number of H-pyrrole nitrogens is 1. The molecule has 2 aromatic heterocycles. The fraction of sp³-hybridized carbons (Fsp3) is 0.391. The van der Waals surface area contributed by atoms with Gasteiger partial charge in [0.05, 0.1) is 12.5 Å². The average Bonchev–Trinajstić information content (AvgIpc) is 3.43. The molecule has 6 nitrogen and oxygen atoms in total. The molecule has 1 N–H and O–H groups in total. The van der Waals surface area contributed by atoms with Crippen LogP contribution in [0.5, 0.6) is 0 Å². The molecular weight excluding hydrogens is 368 g/mol. The van der Waals surface area contributed by atoms with Crippen LogP contribution in [0.3, 0.4) is 0 Å². The van der Waals surface area contributed by atoms with Gasteiger partial charge < -0.3 is 19.0 Å². The number of ether oxygens (including phenoxy) is 2. The van der Waals surface area contributed by atoms with Crippen molar-refractivity contribution in [2.45, 2.75) is 45.8 Å². The number of hydrogen-bond donors (Lipinski definition) is 1. The second-order valence-electron chi connectivity index (χ2n) is 7.65. The number of aromatic amines is 1. The van der Waals surface area contributed by atoms with Crippen molar-refractivity contribution in [2.24, 2.45) is 0 Å². The fourth-order valence-electron chi connectivity index (χ4n) is 4.06. The Labute approximate surface area is 169 Å². The molecule has 1 aliphatic rings. The first-order valence-corrected chi connectivity index (χ1v) is 10.0. The largest absolute Gasteiger partial charge is 0.457 e. The van der Waals surface area contributed by atoms with Crippen LogP contribution < -0.4 is 0 Å². The van der Waals surface area contributed by atoms with Gasteiger partial charge in [-0.25, -0.2) is 0 Å². The molecule has 1 aliphatic heterocycles. The maximum Gasteiger partial charge on any atom is 0.310 e. The van der Waals surface area contributed by atoms with E-state index >= 15 is 0 Å². The van der Waals surface area contributed by atoms with Crippen molar-refractivity contribution in [2.75, 3.05) is 13.2 Å². The average molecular weight is 394 g/mol. The molecule has 0 amide bonds. The number of nitrogens with zero attached hydrogens (tertiary/aromatic N) is 1. The Hall–Kier alpha value is -2.86. The lowest BCUT2D eigenvalue weighted by molar-refractivity contribution is -0.141. The van der Waals surface area contributed by atoms with Gasteiger partial charge in [-0.3, -0.25) is 9.59 Å². The fourth-order valence-corrected chi connectivity index (χ4v) is 4.06. The summed E-state index contributed by atoms with van der Waals surface area (Å²) in [6, 6.07) is 9.67. The number of Topliss-reactive ketones (excluding diaryl/α,β-unsaturated/α-hetero) is 1. The summed E-state index contributed by atoms with van der Waals surface area (Å²) in [4.78, 5) is 28.1. The summed E-state index contributed by atoms with van der Waals surface area (Å²) in [5.41, 5.74) is 4.38. The topological polar surface area (TPSA) is 73.3 Å². The lowest BCUT2D eigenvalue weighted by Crippen LogP contribution is -2.18. The number of fused-ring (bicyclic) bond motifs is 1. The molecule has 1 atom stereocenters. The molecule has 6 heteroatoms. The van der Waals surface area contributed by atoms with E-state index in [0.717, 1.165) is 53.8 Å². The number of ketones is 1. The van der Waals surface area contributed by atoms with Crippen LogP contribution in [-0.4, -0.2) is 40.6 Å². The smallest absolute Gasteiger partial charge is 0.310 e. The van der Waals surface area contributed by atoms with Crippen LogP contribution in [0.2, 0.25) is 0 Å². The Kier molecular flexibility index (Phi) is 5.53. The molecule has 0 saturated carbocycles. The van der Waals surface area contributed by atoms with Crippen LogP contribution in [0.1, 0.15) is 40.2 Å². The van der Waals surface area contributed by atoms with E-state index in [4.69, 9.17) is 9.47 Å². The van der Waals surface area contributed by atoms with Gasteiger partial charge in [-0.15, -0.1) is 0 Å². The maximum absolute atomic E-state index is 12.7. The van der Waals surface area contributed by atoms with Gasteiger partial charge in [0.25, 0.3) is 0 Å². The molecule has 1 aromatic carbocycles. The minimum atomic E-state index is -0.406. The van der Waals surface area contributed by atoms with Crippen LogP contribution in [0.4, 0.5) is 0 Å². The molecule has 0 bridgehead atoms. The number of benzene rings is 1. The Balaban J connectivity index is 1.37. The van der Waals surface area contributed by atoms with E-state index in [1.807, 2.05) is 50.4 Å². The van der Waals surface area contributed by atoms with E-state index < -0.39 is 5.97 Å². The number of aromatic nitrogens is 2. The van der Waals surface area contributed by atoms with Crippen LogP contribution >= 0.6 is 0 Å². The number of rotatable bonds is 7. The van der Waals surface area contributed by atoms with Gasteiger partial charge >= 0.3 is 5.97 Å². The van der Waals surface area contributed by atoms with Gasteiger partial charge in [0, 0.05) is 47.2 Å². The number of aryl methyl sites for hydroxylation is 1. The normalized spacial score (nSPS) is 16.4. The highest BCUT2D eigenvalue weighted by Gasteiger charge is 2.22. The summed E-state index contributed by atoms with van der Waals surface area (Å²) in [7, 11) is 0. The predicted molar refractivity (Wildman–Crippen MR) is 110 cm³/mol. The molecule has 0 unspecified atom stereocenters. The van der Waals surface area contributed by atoms with Gasteiger partial charge in [0.15, 0.2) is 6.61 Å². The Morgan fingerprint density at radius 1 is 1.28 bits per heavy atom. The molecule has 3 heterocycles. The van der Waals surface area contributed by atoms with Crippen molar-refractivity contribution >= 4 is 22.7 Å². The summed E-state index contributed by atoms with van der Waals surface area (Å²) < 4.78 is 13.1. The molecule has 0 radical (unpaired) electrons. The van der Waals surface area contributed by atoms with E-state index in [9.17, 15) is 9.59 Å². The molecule has 0 aliphatic carbocycles. The monoisotopic (exact) mass is 394 g/mol. The first kappa shape index (κ1) is 19.5. The molecule has 29 heavy (non-hydrogen) atoms. The molecule has 152 valence electrons. The maximum atomic E-state index is 12.7. The number of carbonyl (C=O) groups is 2. The summed E-state index contributed by atoms with van der Waals surface area (Å²) in [5.74, 6) is -0.583. The number of nitrogens with one attached hydrogen (secondary N) is 1. The van der Waals surface area contributed by atoms with Crippen molar-refractivity contribution in [3.63, 3.8) is 0 Å². The zero-order valence-corrected chi connectivity index (χ0v) is 16.9. The molecule has 0 spiro atoms. The molecule has 3 aromatic rings. The third-order valence-corrected chi connectivity index (χ3v) is 5.66. The summed E-state index contributed by atoms with van der Waals surface area (Å²) >= 11 is 0. The third-order valence-electron chi connectivity index (χ3n) is 5.66. The van der Waals surface area contributed by atoms with Gasteiger partial charge in [0.2, 0.25) is 5.78 Å². The van der Waals surface area contributed by atoms with Crippen molar-refractivity contribution in [1.82, 2.24) is 9.55 Å². The van der Waals surface area contributed by atoms with Crippen molar-refractivity contribution in [3.05, 3.63) is 59.0 Å². The number of carbonyl (C=O) groups excluding carboxylic acids is 2. The van der Waals surface area contributed by atoms with Gasteiger partial charge in [0.1, 0.15) is 0 Å². The second-order valence-corrected chi connectivity index (χ2v) is 7.65. The van der Waals surface area contributed by atoms with Crippen LogP contribution in [0, 0.1) is 13.8 Å². The van der Waals surface area contributed by atoms with Gasteiger partial charge in [-0.05, 0) is 44.4 Å². The molecule has 1 fully saturated rings. The first-order chi connectivity index (χ1) is 14.0. The van der Waals surface area contributed by atoms with Crippen molar-refractivity contribution in [1.29, 1.82) is 0 Å². The lowest BCUT2D eigenvalue weighted by atomic mass is 10.1. The highest BCUT2D eigenvalue weighted by molar-refractivity contribution is 5.99. The van der Waals surface area contributed by atoms with Crippen molar-refractivity contribution < 1.29 is 19.1 Å². The highest BCUT2D eigenvalue weighted by atomic mass is 16.5. The van der Waals surface area contributed by atoms with E-state index in [2.05, 4.69) is 9.55 Å². The van der Waals surface area contributed by atoms with E-state index in [1.54, 1.807) is 0 Å². The predicted octanol–water partition coefficient (Wildman–Crippen LogP) is 3.73. The lowest BCUT2D eigenvalue weighted by Gasteiger charge is -2.14. The zero-order valence-electron chi connectivity index (χ0n) is 16.9. The quantitative estimate of drug-likeness (QED) is 0.489. The molecule has 1 saturated heterocycles. The van der Waals surface area contributed by atoms with E-state index in [1.165, 1.54) is 0 Å². The van der Waals surface area contributed by atoms with Gasteiger partial charge in [-0.2, -0.15) is 0 Å². The zero-order chi connectivity index (χ0) is 20.4.